The van der Waals surface area contributed by atoms with Crippen LogP contribution in [0.15, 0.2) is 48.7 Å². The molecular formula is C23H27N3O2. The standard InChI is InChI=1S/C23H27N3O2/c1-17(28-21-11-4-9-18-10-5-12-24-22(18)21)23(27)25-13-6-14-26-15-19-7-2-3-8-20(19)16-26/h2-3,5,7-8,10-12,17H,4,6,9,13-16H2,1H3,(H,25,27)/t17-/m0/s1. The van der Waals surface area contributed by atoms with Crippen molar-refractivity contribution in [2.75, 3.05) is 13.1 Å². The van der Waals surface area contributed by atoms with E-state index >= 15 is 0 Å². The van der Waals surface area contributed by atoms with Gasteiger partial charge in [0.1, 0.15) is 11.5 Å². The molecular weight excluding hydrogens is 350 g/mol. The number of nitrogens with one attached hydrogen (secondary N) is 1. The number of carbonyl (C=O) groups is 1. The summed E-state index contributed by atoms with van der Waals surface area (Å²) in [7, 11) is 0. The van der Waals surface area contributed by atoms with Gasteiger partial charge in [-0.2, -0.15) is 0 Å². The number of rotatable bonds is 7. The van der Waals surface area contributed by atoms with E-state index in [-0.39, 0.29) is 5.91 Å². The van der Waals surface area contributed by atoms with Crippen molar-refractivity contribution in [3.05, 3.63) is 71.1 Å². The second-order valence-electron chi connectivity index (χ2n) is 7.50. The lowest BCUT2D eigenvalue weighted by atomic mass is 10.0. The maximum absolute atomic E-state index is 12.4. The minimum atomic E-state index is -0.532. The molecule has 2 heterocycles. The van der Waals surface area contributed by atoms with Gasteiger partial charge in [0.2, 0.25) is 0 Å². The number of fused-ring (bicyclic) bond motifs is 2. The van der Waals surface area contributed by atoms with Gasteiger partial charge >= 0.3 is 0 Å². The Morgan fingerprint density at radius 3 is 2.71 bits per heavy atom. The highest BCUT2D eigenvalue weighted by atomic mass is 16.5. The molecule has 146 valence electrons. The van der Waals surface area contributed by atoms with Crippen LogP contribution in [0.1, 0.15) is 42.1 Å². The highest BCUT2D eigenvalue weighted by molar-refractivity contribution is 5.81. The minimum Gasteiger partial charge on any atom is -0.479 e. The van der Waals surface area contributed by atoms with Crippen molar-refractivity contribution in [3.8, 4) is 0 Å². The molecule has 0 fully saturated rings. The highest BCUT2D eigenvalue weighted by Crippen LogP contribution is 2.26. The summed E-state index contributed by atoms with van der Waals surface area (Å²) in [6.45, 7) is 5.44. The SMILES string of the molecule is C[C@H](OC1=CCCc2cccnc21)C(=O)NCCCN1Cc2ccccc2C1. The summed E-state index contributed by atoms with van der Waals surface area (Å²) in [5, 5.41) is 3.00. The summed E-state index contributed by atoms with van der Waals surface area (Å²) in [6, 6.07) is 12.6. The van der Waals surface area contributed by atoms with Gasteiger partial charge in [-0.15, -0.1) is 0 Å². The van der Waals surface area contributed by atoms with E-state index in [4.69, 9.17) is 4.74 Å². The largest absolute Gasteiger partial charge is 0.479 e. The van der Waals surface area contributed by atoms with Crippen molar-refractivity contribution in [2.24, 2.45) is 0 Å². The Morgan fingerprint density at radius 2 is 1.93 bits per heavy atom. The lowest BCUT2D eigenvalue weighted by molar-refractivity contribution is -0.128. The Morgan fingerprint density at radius 1 is 1.18 bits per heavy atom. The number of hydrogen-bond acceptors (Lipinski definition) is 4. The summed E-state index contributed by atoms with van der Waals surface area (Å²) in [5.41, 5.74) is 4.88. The molecule has 1 N–H and O–H groups in total. The van der Waals surface area contributed by atoms with E-state index < -0.39 is 6.10 Å². The number of benzene rings is 1. The Bertz CT molecular complexity index is 853. The number of hydrogen-bond donors (Lipinski definition) is 1. The van der Waals surface area contributed by atoms with Crippen molar-refractivity contribution < 1.29 is 9.53 Å². The zero-order chi connectivity index (χ0) is 19.3. The van der Waals surface area contributed by atoms with Crippen LogP contribution in [0.3, 0.4) is 0 Å². The van der Waals surface area contributed by atoms with Crippen LogP contribution in [0.5, 0.6) is 0 Å². The Labute approximate surface area is 166 Å². The van der Waals surface area contributed by atoms with Crippen LogP contribution in [-0.4, -0.2) is 35.0 Å². The van der Waals surface area contributed by atoms with Gasteiger partial charge in [0.05, 0.1) is 0 Å². The van der Waals surface area contributed by atoms with E-state index in [0.29, 0.717) is 6.54 Å². The van der Waals surface area contributed by atoms with Gasteiger partial charge in [-0.05, 0) is 55.0 Å². The van der Waals surface area contributed by atoms with E-state index in [0.717, 1.165) is 50.3 Å². The lowest BCUT2D eigenvalue weighted by Crippen LogP contribution is -2.36. The van der Waals surface area contributed by atoms with E-state index in [1.165, 1.54) is 16.7 Å². The number of amides is 1. The molecule has 0 unspecified atom stereocenters. The molecule has 28 heavy (non-hydrogen) atoms. The number of allylic oxidation sites excluding steroid dienone is 1. The van der Waals surface area contributed by atoms with Crippen molar-refractivity contribution in [1.29, 1.82) is 0 Å². The van der Waals surface area contributed by atoms with E-state index in [2.05, 4.69) is 45.5 Å². The Balaban J connectivity index is 1.20. The van der Waals surface area contributed by atoms with Crippen LogP contribution in [0, 0.1) is 0 Å². The molecule has 2 aromatic rings. The molecule has 1 aromatic carbocycles. The number of ether oxygens (including phenoxy) is 1. The molecule has 1 atom stereocenters. The first-order chi connectivity index (χ1) is 13.7. The van der Waals surface area contributed by atoms with Crippen molar-refractivity contribution >= 4 is 11.7 Å². The minimum absolute atomic E-state index is 0.0753. The lowest BCUT2D eigenvalue weighted by Gasteiger charge is -2.21. The number of pyridine rings is 1. The van der Waals surface area contributed by atoms with E-state index in [1.54, 1.807) is 13.1 Å². The van der Waals surface area contributed by atoms with Gasteiger partial charge in [0.15, 0.2) is 6.10 Å². The molecule has 0 radical (unpaired) electrons. The molecule has 2 aliphatic rings. The van der Waals surface area contributed by atoms with Crippen LogP contribution in [0.4, 0.5) is 0 Å². The monoisotopic (exact) mass is 377 g/mol. The predicted molar refractivity (Wildman–Crippen MR) is 109 cm³/mol. The molecule has 1 aliphatic carbocycles. The molecule has 0 spiro atoms. The molecule has 1 amide bonds. The molecule has 1 aromatic heterocycles. The zero-order valence-electron chi connectivity index (χ0n) is 16.4. The topological polar surface area (TPSA) is 54.5 Å². The average molecular weight is 377 g/mol. The zero-order valence-corrected chi connectivity index (χ0v) is 16.4. The molecule has 4 rings (SSSR count). The van der Waals surface area contributed by atoms with E-state index in [1.807, 2.05) is 12.1 Å². The van der Waals surface area contributed by atoms with Crippen LogP contribution in [-0.2, 0) is 29.0 Å². The fraction of sp³-hybridized carbons (Fsp3) is 0.391. The van der Waals surface area contributed by atoms with Crippen LogP contribution < -0.4 is 5.32 Å². The van der Waals surface area contributed by atoms with Crippen LogP contribution >= 0.6 is 0 Å². The van der Waals surface area contributed by atoms with Gasteiger partial charge in [-0.25, -0.2) is 0 Å². The first-order valence-corrected chi connectivity index (χ1v) is 10.1. The van der Waals surface area contributed by atoms with Crippen molar-refractivity contribution in [2.45, 2.75) is 45.4 Å². The fourth-order valence-electron chi connectivity index (χ4n) is 3.89. The smallest absolute Gasteiger partial charge is 0.260 e. The first-order valence-electron chi connectivity index (χ1n) is 10.1. The second-order valence-corrected chi connectivity index (χ2v) is 7.50. The summed E-state index contributed by atoms with van der Waals surface area (Å²) in [4.78, 5) is 19.2. The number of nitrogens with zero attached hydrogens (tertiary/aromatic N) is 2. The maximum Gasteiger partial charge on any atom is 0.260 e. The fourth-order valence-corrected chi connectivity index (χ4v) is 3.89. The van der Waals surface area contributed by atoms with Gasteiger partial charge < -0.3 is 10.1 Å². The average Bonchev–Trinajstić information content (AvgIpc) is 3.14. The molecule has 5 heteroatoms. The third-order valence-electron chi connectivity index (χ3n) is 5.40. The second kappa shape index (κ2) is 8.57. The normalized spacial score (nSPS) is 16.7. The molecule has 5 nitrogen and oxygen atoms in total. The molecule has 1 aliphatic heterocycles. The summed E-state index contributed by atoms with van der Waals surface area (Å²) in [6.07, 6.45) is 6.08. The number of aryl methyl sites for hydroxylation is 1. The predicted octanol–water partition coefficient (Wildman–Crippen LogP) is 3.30. The third-order valence-corrected chi connectivity index (χ3v) is 5.40. The van der Waals surface area contributed by atoms with Crippen molar-refractivity contribution in [1.82, 2.24) is 15.2 Å². The van der Waals surface area contributed by atoms with Gasteiger partial charge in [-0.1, -0.05) is 30.3 Å². The summed E-state index contributed by atoms with van der Waals surface area (Å²) < 4.78 is 5.93. The van der Waals surface area contributed by atoms with Crippen LogP contribution in [0.2, 0.25) is 0 Å². The number of carbonyl (C=O) groups excluding carboxylic acids is 1. The van der Waals surface area contributed by atoms with E-state index in [9.17, 15) is 4.79 Å². The van der Waals surface area contributed by atoms with Gasteiger partial charge in [0, 0.05) is 32.4 Å². The highest BCUT2D eigenvalue weighted by Gasteiger charge is 2.21. The van der Waals surface area contributed by atoms with Crippen LogP contribution in [0.25, 0.3) is 5.76 Å². The molecule has 0 saturated carbocycles. The quantitative estimate of drug-likeness (QED) is 0.753. The molecule has 0 bridgehead atoms. The van der Waals surface area contributed by atoms with Gasteiger partial charge in [-0.3, -0.25) is 14.7 Å². The summed E-state index contributed by atoms with van der Waals surface area (Å²) >= 11 is 0. The maximum atomic E-state index is 12.4. The third kappa shape index (κ3) is 4.25. The Kier molecular flexibility index (Phi) is 5.72. The molecule has 0 saturated heterocycles. The Hall–Kier alpha value is -2.66. The van der Waals surface area contributed by atoms with Crippen molar-refractivity contribution in [3.63, 3.8) is 0 Å². The summed E-state index contributed by atoms with van der Waals surface area (Å²) in [5.74, 6) is 0.646. The number of aromatic nitrogens is 1. The first kappa shape index (κ1) is 18.7. The van der Waals surface area contributed by atoms with Gasteiger partial charge in [0.25, 0.3) is 5.91 Å².